The van der Waals surface area contributed by atoms with Gasteiger partial charge < -0.3 is 47.4 Å². The first-order chi connectivity index (χ1) is 28.5. The Balaban J connectivity index is 1.49. The summed E-state index contributed by atoms with van der Waals surface area (Å²) in [5.41, 5.74) is 7.21. The number of fused-ring (bicyclic) bond motifs is 2. The molecule has 0 spiro atoms. The molecular weight excluding hydrogens is 744 g/mol. The summed E-state index contributed by atoms with van der Waals surface area (Å²) in [6.07, 6.45) is 1.77. The molecule has 0 N–H and O–H groups in total. The van der Waals surface area contributed by atoms with Crippen molar-refractivity contribution >= 4 is 11.9 Å². The summed E-state index contributed by atoms with van der Waals surface area (Å²) in [5, 5.41) is 0. The standard InChI is InChI=1S/C46H54O12/c1-3-53-41(47)31-57-45-37-13-7-14-38(45)28-34-10-6-12-36-30-40-16-8-15-39(46(40)58-32-42(48)54-4-2)29-35-11-5-9-33(27-37)43(35)55-25-23-51-21-19-49-17-18-50-20-22-52-24-26-56-44(34)36/h5-16H,3-4,17-32H2,1-2H3. The monoisotopic (exact) mass is 798 g/mol. The number of hydrogen-bond donors (Lipinski definition) is 0. The Kier molecular flexibility index (Phi) is 16.6. The van der Waals surface area contributed by atoms with Crippen molar-refractivity contribution in [3.05, 3.63) is 117 Å². The van der Waals surface area contributed by atoms with Gasteiger partial charge in [0.2, 0.25) is 0 Å². The Morgan fingerprint density at radius 2 is 0.707 bits per heavy atom. The minimum absolute atomic E-state index is 0.240. The van der Waals surface area contributed by atoms with Gasteiger partial charge in [0.25, 0.3) is 0 Å². The van der Waals surface area contributed by atoms with Gasteiger partial charge in [-0.3, -0.25) is 0 Å². The Morgan fingerprint density at radius 3 is 1.00 bits per heavy atom. The van der Waals surface area contributed by atoms with E-state index >= 15 is 0 Å². The van der Waals surface area contributed by atoms with Crippen LogP contribution in [0.25, 0.3) is 0 Å². The van der Waals surface area contributed by atoms with Gasteiger partial charge in [0, 0.05) is 25.7 Å². The lowest BCUT2D eigenvalue weighted by Crippen LogP contribution is -2.17. The summed E-state index contributed by atoms with van der Waals surface area (Å²) in [6.45, 7) is 7.44. The number of esters is 2. The Bertz CT molecular complexity index is 1720. The largest absolute Gasteiger partial charge is 0.491 e. The zero-order valence-electron chi connectivity index (χ0n) is 33.6. The number of para-hydroxylation sites is 4. The van der Waals surface area contributed by atoms with Crippen LogP contribution in [0.15, 0.2) is 72.8 Å². The lowest BCUT2D eigenvalue weighted by atomic mass is 9.91. The number of rotatable bonds is 8. The first-order valence-corrected chi connectivity index (χ1v) is 20.1. The molecule has 58 heavy (non-hydrogen) atoms. The van der Waals surface area contributed by atoms with E-state index in [1.165, 1.54) is 0 Å². The fraction of sp³-hybridized carbons (Fsp3) is 0.435. The molecule has 1 heterocycles. The van der Waals surface area contributed by atoms with E-state index in [4.69, 9.17) is 47.4 Å². The molecule has 310 valence electrons. The predicted molar refractivity (Wildman–Crippen MR) is 216 cm³/mol. The molecule has 6 rings (SSSR count). The molecule has 10 bridgehead atoms. The molecule has 2 aliphatic rings. The number of carbonyl (C=O) groups is 2. The third kappa shape index (κ3) is 12.2. The van der Waals surface area contributed by atoms with Crippen molar-refractivity contribution in [3.8, 4) is 23.0 Å². The zero-order chi connectivity index (χ0) is 40.4. The van der Waals surface area contributed by atoms with E-state index in [9.17, 15) is 9.59 Å². The van der Waals surface area contributed by atoms with Gasteiger partial charge in [-0.25, -0.2) is 9.59 Å². The van der Waals surface area contributed by atoms with E-state index in [0.717, 1.165) is 44.5 Å². The molecule has 0 atom stereocenters. The van der Waals surface area contributed by atoms with Crippen LogP contribution in [0.5, 0.6) is 23.0 Å². The van der Waals surface area contributed by atoms with Gasteiger partial charge in [-0.1, -0.05) is 72.8 Å². The molecule has 4 aromatic carbocycles. The van der Waals surface area contributed by atoms with Gasteiger partial charge in [-0.05, 0) is 58.4 Å². The van der Waals surface area contributed by atoms with Gasteiger partial charge in [-0.15, -0.1) is 0 Å². The molecule has 12 heteroatoms. The van der Waals surface area contributed by atoms with Crippen LogP contribution in [0.1, 0.15) is 58.4 Å². The highest BCUT2D eigenvalue weighted by Gasteiger charge is 2.23. The predicted octanol–water partition coefficient (Wildman–Crippen LogP) is 6.08. The van der Waals surface area contributed by atoms with Gasteiger partial charge in [-0.2, -0.15) is 0 Å². The van der Waals surface area contributed by atoms with Crippen LogP contribution in [-0.2, 0) is 63.7 Å². The third-order valence-electron chi connectivity index (χ3n) is 9.58. The van der Waals surface area contributed by atoms with Crippen LogP contribution < -0.4 is 18.9 Å². The van der Waals surface area contributed by atoms with Crippen LogP contribution in [0.3, 0.4) is 0 Å². The maximum atomic E-state index is 12.7. The van der Waals surface area contributed by atoms with E-state index in [1.807, 2.05) is 72.8 Å². The van der Waals surface area contributed by atoms with Crippen molar-refractivity contribution in [2.24, 2.45) is 0 Å². The normalized spacial score (nSPS) is 15.6. The molecule has 0 saturated carbocycles. The second-order valence-corrected chi connectivity index (χ2v) is 13.7. The van der Waals surface area contributed by atoms with E-state index in [-0.39, 0.29) is 26.4 Å². The fourth-order valence-corrected chi connectivity index (χ4v) is 7.06. The smallest absolute Gasteiger partial charge is 0.344 e. The minimum atomic E-state index is -0.448. The molecule has 0 fully saturated rings. The maximum Gasteiger partial charge on any atom is 0.344 e. The van der Waals surface area contributed by atoms with Crippen molar-refractivity contribution in [2.45, 2.75) is 39.5 Å². The van der Waals surface area contributed by atoms with E-state index in [2.05, 4.69) is 0 Å². The minimum Gasteiger partial charge on any atom is -0.491 e. The van der Waals surface area contributed by atoms with Crippen molar-refractivity contribution in [1.82, 2.24) is 0 Å². The Morgan fingerprint density at radius 1 is 0.431 bits per heavy atom. The first kappa shape index (κ1) is 42.5. The average molecular weight is 799 g/mol. The van der Waals surface area contributed by atoms with Gasteiger partial charge in [0.15, 0.2) is 13.2 Å². The van der Waals surface area contributed by atoms with E-state index in [1.54, 1.807) is 13.8 Å². The van der Waals surface area contributed by atoms with Crippen molar-refractivity contribution < 1.29 is 57.0 Å². The SMILES string of the molecule is CCOC(=O)COc1c2cccc1Cc1cccc3c1OCCOCCOCCOCCOCCOc1c(cccc1Cc1cccc(c1OCC(=O)OCC)C3)C2. The number of hydrogen-bond acceptors (Lipinski definition) is 12. The first-order valence-electron chi connectivity index (χ1n) is 20.1. The molecule has 0 amide bonds. The zero-order valence-corrected chi connectivity index (χ0v) is 33.6. The summed E-state index contributed by atoms with van der Waals surface area (Å²) < 4.78 is 59.6. The molecule has 1 aliphatic carbocycles. The molecular formula is C46H54O12. The second kappa shape index (κ2) is 22.7. The molecule has 1 aliphatic heterocycles. The van der Waals surface area contributed by atoms with E-state index in [0.29, 0.717) is 115 Å². The summed E-state index contributed by atoms with van der Waals surface area (Å²) in [5.74, 6) is 1.73. The Hall–Kier alpha value is -5.14. The topological polar surface area (TPSA) is 126 Å². The molecule has 12 nitrogen and oxygen atoms in total. The number of ether oxygens (including phenoxy) is 10. The number of carbonyl (C=O) groups excluding carboxylic acids is 2. The summed E-state index contributed by atoms with van der Waals surface area (Å²) in [6, 6.07) is 24.3. The van der Waals surface area contributed by atoms with Crippen molar-refractivity contribution in [1.29, 1.82) is 0 Å². The summed E-state index contributed by atoms with van der Waals surface area (Å²) in [7, 11) is 0. The molecule has 0 unspecified atom stereocenters. The van der Waals surface area contributed by atoms with E-state index < -0.39 is 11.9 Å². The lowest BCUT2D eigenvalue weighted by molar-refractivity contribution is -0.146. The fourth-order valence-electron chi connectivity index (χ4n) is 7.06. The van der Waals surface area contributed by atoms with Crippen LogP contribution in [0, 0.1) is 0 Å². The number of benzene rings is 4. The van der Waals surface area contributed by atoms with Gasteiger partial charge in [0.05, 0.1) is 66.1 Å². The lowest BCUT2D eigenvalue weighted by Gasteiger charge is -2.22. The quantitative estimate of drug-likeness (QED) is 0.169. The summed E-state index contributed by atoms with van der Waals surface area (Å²) >= 11 is 0. The molecule has 0 aromatic heterocycles. The highest BCUT2D eigenvalue weighted by molar-refractivity contribution is 5.72. The van der Waals surface area contributed by atoms with Gasteiger partial charge in [0.1, 0.15) is 36.2 Å². The van der Waals surface area contributed by atoms with Crippen LogP contribution in [0.4, 0.5) is 0 Å². The van der Waals surface area contributed by atoms with Crippen LogP contribution >= 0.6 is 0 Å². The third-order valence-corrected chi connectivity index (χ3v) is 9.58. The maximum absolute atomic E-state index is 12.7. The average Bonchev–Trinajstić information content (AvgIpc) is 3.21. The van der Waals surface area contributed by atoms with Crippen LogP contribution in [-0.4, -0.2) is 104 Å². The Labute approximate surface area is 340 Å². The van der Waals surface area contributed by atoms with Gasteiger partial charge >= 0.3 is 11.9 Å². The molecule has 4 aromatic rings. The second-order valence-electron chi connectivity index (χ2n) is 13.7. The van der Waals surface area contributed by atoms with Crippen molar-refractivity contribution in [2.75, 3.05) is 92.5 Å². The summed E-state index contributed by atoms with van der Waals surface area (Å²) in [4.78, 5) is 25.3. The molecule has 0 saturated heterocycles. The molecule has 0 radical (unpaired) electrons. The highest BCUT2D eigenvalue weighted by Crippen LogP contribution is 2.39. The van der Waals surface area contributed by atoms with Crippen LogP contribution in [0.2, 0.25) is 0 Å². The van der Waals surface area contributed by atoms with Crippen molar-refractivity contribution in [3.63, 3.8) is 0 Å². The highest BCUT2D eigenvalue weighted by atomic mass is 16.6.